The molecule has 2 aromatic carbocycles. The van der Waals surface area contributed by atoms with Gasteiger partial charge < -0.3 is 14.2 Å². The van der Waals surface area contributed by atoms with Gasteiger partial charge in [-0.05, 0) is 29.8 Å². The monoisotopic (exact) mass is 290 g/mol. The lowest BCUT2D eigenvalue weighted by Crippen LogP contribution is -1.96. The maximum atomic E-state index is 10.7. The fourth-order valence-electron chi connectivity index (χ4n) is 1.95. The highest BCUT2D eigenvalue weighted by atomic mass is 35.5. The van der Waals surface area contributed by atoms with Gasteiger partial charge in [-0.3, -0.25) is 4.79 Å². The molecule has 1 heterocycles. The molecule has 0 unspecified atom stereocenters. The van der Waals surface area contributed by atoms with Gasteiger partial charge in [0, 0.05) is 5.56 Å². The second-order valence-electron chi connectivity index (χ2n) is 4.29. The van der Waals surface area contributed by atoms with Gasteiger partial charge in [0.1, 0.15) is 18.6 Å². The van der Waals surface area contributed by atoms with E-state index in [0.717, 1.165) is 11.8 Å². The number of aldehydes is 1. The van der Waals surface area contributed by atoms with E-state index >= 15 is 0 Å². The fourth-order valence-corrected chi connectivity index (χ4v) is 2.24. The van der Waals surface area contributed by atoms with Crippen molar-refractivity contribution >= 4 is 17.9 Å². The van der Waals surface area contributed by atoms with Gasteiger partial charge in [0.15, 0.2) is 11.5 Å². The molecule has 4 nitrogen and oxygen atoms in total. The van der Waals surface area contributed by atoms with Crippen molar-refractivity contribution in [3.8, 4) is 17.2 Å². The molecule has 20 heavy (non-hydrogen) atoms. The first-order valence-electron chi connectivity index (χ1n) is 6.02. The molecule has 0 N–H and O–H groups in total. The maximum absolute atomic E-state index is 10.7. The van der Waals surface area contributed by atoms with Crippen LogP contribution in [0.3, 0.4) is 0 Å². The summed E-state index contributed by atoms with van der Waals surface area (Å²) in [4.78, 5) is 10.7. The zero-order valence-corrected chi connectivity index (χ0v) is 11.2. The molecule has 0 fully saturated rings. The first-order valence-corrected chi connectivity index (χ1v) is 6.40. The zero-order chi connectivity index (χ0) is 13.9. The predicted octanol–water partition coefficient (Wildman–Crippen LogP) is 3.46. The molecule has 2 aromatic rings. The normalized spacial score (nSPS) is 12.2. The largest absolute Gasteiger partial charge is 0.489 e. The molecule has 0 aromatic heterocycles. The first-order chi connectivity index (χ1) is 9.76. The highest BCUT2D eigenvalue weighted by Crippen LogP contribution is 2.39. The van der Waals surface area contributed by atoms with Crippen molar-refractivity contribution in [1.29, 1.82) is 0 Å². The summed E-state index contributed by atoms with van der Waals surface area (Å²) in [6.07, 6.45) is 0.782. The summed E-state index contributed by atoms with van der Waals surface area (Å²) in [6.45, 7) is 0.513. The number of hydrogen-bond donors (Lipinski definition) is 0. The zero-order valence-electron chi connectivity index (χ0n) is 10.5. The molecule has 0 bridgehead atoms. The molecule has 0 saturated carbocycles. The van der Waals surface area contributed by atoms with Crippen molar-refractivity contribution in [1.82, 2.24) is 0 Å². The van der Waals surface area contributed by atoms with Crippen LogP contribution in [0.5, 0.6) is 17.2 Å². The van der Waals surface area contributed by atoms with Gasteiger partial charge in [-0.25, -0.2) is 0 Å². The van der Waals surface area contributed by atoms with Crippen LogP contribution in [0.1, 0.15) is 15.9 Å². The molecule has 0 radical (unpaired) electrons. The van der Waals surface area contributed by atoms with E-state index < -0.39 is 0 Å². The van der Waals surface area contributed by atoms with Crippen LogP contribution in [0, 0.1) is 0 Å². The molecule has 5 heteroatoms. The van der Waals surface area contributed by atoms with Crippen LogP contribution in [0.4, 0.5) is 0 Å². The SMILES string of the molecule is O=Cc1cccc(OCc2cc(Cl)c3c(c2)OCO3)c1. The second kappa shape index (κ2) is 5.43. The van der Waals surface area contributed by atoms with Crippen molar-refractivity contribution in [2.45, 2.75) is 6.61 Å². The minimum Gasteiger partial charge on any atom is -0.489 e. The number of ether oxygens (including phenoxy) is 3. The summed E-state index contributed by atoms with van der Waals surface area (Å²) in [6, 6.07) is 10.6. The lowest BCUT2D eigenvalue weighted by molar-refractivity contribution is 0.112. The van der Waals surface area contributed by atoms with Gasteiger partial charge in [-0.15, -0.1) is 0 Å². The Morgan fingerprint density at radius 3 is 3.00 bits per heavy atom. The average Bonchev–Trinajstić information content (AvgIpc) is 2.94. The van der Waals surface area contributed by atoms with Crippen LogP contribution in [-0.4, -0.2) is 13.1 Å². The Bertz CT molecular complexity index is 654. The van der Waals surface area contributed by atoms with Crippen LogP contribution in [0.15, 0.2) is 36.4 Å². The van der Waals surface area contributed by atoms with Crippen molar-refractivity contribution in [2.75, 3.05) is 6.79 Å². The van der Waals surface area contributed by atoms with Gasteiger partial charge in [0.25, 0.3) is 0 Å². The topological polar surface area (TPSA) is 44.8 Å². The lowest BCUT2D eigenvalue weighted by Gasteiger charge is -2.08. The van der Waals surface area contributed by atoms with E-state index in [-0.39, 0.29) is 6.79 Å². The van der Waals surface area contributed by atoms with Crippen molar-refractivity contribution in [3.63, 3.8) is 0 Å². The van der Waals surface area contributed by atoms with Crippen LogP contribution in [-0.2, 0) is 6.61 Å². The number of benzene rings is 2. The van der Waals surface area contributed by atoms with E-state index in [9.17, 15) is 4.79 Å². The number of carbonyl (C=O) groups excluding carboxylic acids is 1. The van der Waals surface area contributed by atoms with Crippen LogP contribution >= 0.6 is 11.6 Å². The summed E-state index contributed by atoms with van der Waals surface area (Å²) in [5.74, 6) is 1.82. The third-order valence-electron chi connectivity index (χ3n) is 2.89. The maximum Gasteiger partial charge on any atom is 0.231 e. The first kappa shape index (κ1) is 12.8. The summed E-state index contributed by atoms with van der Waals surface area (Å²) >= 11 is 6.10. The molecule has 0 amide bonds. The average molecular weight is 291 g/mol. The molecule has 0 saturated heterocycles. The summed E-state index contributed by atoms with van der Waals surface area (Å²) < 4.78 is 16.2. The smallest absolute Gasteiger partial charge is 0.231 e. The van der Waals surface area contributed by atoms with E-state index in [1.165, 1.54) is 0 Å². The lowest BCUT2D eigenvalue weighted by atomic mass is 10.2. The Morgan fingerprint density at radius 2 is 2.15 bits per heavy atom. The second-order valence-corrected chi connectivity index (χ2v) is 4.70. The number of fused-ring (bicyclic) bond motifs is 1. The van der Waals surface area contributed by atoms with Gasteiger partial charge >= 0.3 is 0 Å². The molecule has 0 spiro atoms. The minimum absolute atomic E-state index is 0.181. The quantitative estimate of drug-likeness (QED) is 0.809. The third kappa shape index (κ3) is 2.56. The molecule has 1 aliphatic heterocycles. The summed E-state index contributed by atoms with van der Waals surface area (Å²) in [5, 5.41) is 0.500. The van der Waals surface area contributed by atoms with Crippen molar-refractivity contribution in [3.05, 3.63) is 52.5 Å². The Balaban J connectivity index is 1.75. The van der Waals surface area contributed by atoms with Gasteiger partial charge in [-0.1, -0.05) is 23.7 Å². The van der Waals surface area contributed by atoms with Crippen molar-refractivity contribution < 1.29 is 19.0 Å². The Hall–Kier alpha value is -2.20. The minimum atomic E-state index is 0.181. The van der Waals surface area contributed by atoms with Crippen LogP contribution in [0.25, 0.3) is 0 Å². The molecule has 0 atom stereocenters. The van der Waals surface area contributed by atoms with Gasteiger partial charge in [0.2, 0.25) is 6.79 Å². The molecular formula is C15H11ClO4. The van der Waals surface area contributed by atoms with E-state index in [0.29, 0.717) is 34.4 Å². The van der Waals surface area contributed by atoms with Crippen molar-refractivity contribution in [2.24, 2.45) is 0 Å². The molecule has 3 rings (SSSR count). The van der Waals surface area contributed by atoms with E-state index in [2.05, 4.69) is 0 Å². The van der Waals surface area contributed by atoms with E-state index in [4.69, 9.17) is 25.8 Å². The summed E-state index contributed by atoms with van der Waals surface area (Å²) in [5.41, 5.74) is 1.45. The van der Waals surface area contributed by atoms with Crippen LogP contribution in [0.2, 0.25) is 5.02 Å². The highest BCUT2D eigenvalue weighted by Gasteiger charge is 2.18. The molecule has 0 aliphatic carbocycles. The predicted molar refractivity (Wildman–Crippen MR) is 73.7 cm³/mol. The number of carbonyl (C=O) groups is 1. The molecule has 1 aliphatic rings. The third-order valence-corrected chi connectivity index (χ3v) is 3.17. The Morgan fingerprint density at radius 1 is 1.25 bits per heavy atom. The summed E-state index contributed by atoms with van der Waals surface area (Å²) in [7, 11) is 0. The highest BCUT2D eigenvalue weighted by molar-refractivity contribution is 6.32. The Labute approximate surface area is 120 Å². The van der Waals surface area contributed by atoms with E-state index in [1.54, 1.807) is 30.3 Å². The standard InChI is InChI=1S/C15H11ClO4/c16-13-5-11(6-14-15(13)20-9-19-14)8-18-12-3-1-2-10(4-12)7-17/h1-7H,8-9H2. The molecule has 102 valence electrons. The number of rotatable bonds is 4. The fraction of sp³-hybridized carbons (Fsp3) is 0.133. The van der Waals surface area contributed by atoms with Crippen LogP contribution < -0.4 is 14.2 Å². The van der Waals surface area contributed by atoms with E-state index in [1.807, 2.05) is 6.07 Å². The van der Waals surface area contributed by atoms with Gasteiger partial charge in [0.05, 0.1) is 5.02 Å². The Kier molecular flexibility index (Phi) is 3.48. The number of halogens is 1. The number of hydrogen-bond acceptors (Lipinski definition) is 4. The van der Waals surface area contributed by atoms with Gasteiger partial charge in [-0.2, -0.15) is 0 Å². The molecular weight excluding hydrogens is 280 g/mol.